The van der Waals surface area contributed by atoms with E-state index in [1.165, 1.54) is 12.4 Å². The Morgan fingerprint density at radius 2 is 1.97 bits per heavy atom. The molecule has 0 saturated carbocycles. The van der Waals surface area contributed by atoms with E-state index in [4.69, 9.17) is 5.73 Å². The minimum atomic E-state index is -4.54. The number of nitrogens with one attached hydrogen (secondary N) is 1. The number of nitrogens with zero attached hydrogens (tertiary/aromatic N) is 3. The van der Waals surface area contributed by atoms with E-state index < -0.39 is 29.8 Å². The van der Waals surface area contributed by atoms with Crippen LogP contribution in [0.1, 0.15) is 36.0 Å². The Labute approximate surface area is 206 Å². The second kappa shape index (κ2) is 9.42. The van der Waals surface area contributed by atoms with Gasteiger partial charge < -0.3 is 21.1 Å². The fourth-order valence-electron chi connectivity index (χ4n) is 5.11. The molecule has 1 saturated heterocycles. The monoisotopic (exact) mass is 497 g/mol. The van der Waals surface area contributed by atoms with Gasteiger partial charge >= 0.3 is 6.18 Å². The molecule has 0 spiro atoms. The molecular weight excluding hydrogens is 471 g/mol. The minimum Gasteiger partial charge on any atom is -0.393 e. The molecule has 1 aromatic heterocycles. The lowest BCUT2D eigenvalue weighted by molar-refractivity contribution is -0.137. The number of benzene rings is 2. The highest BCUT2D eigenvalue weighted by atomic mass is 19.4. The fourth-order valence-corrected chi connectivity index (χ4v) is 5.11. The first kappa shape index (κ1) is 24.1. The van der Waals surface area contributed by atoms with Crippen molar-refractivity contribution in [3.63, 3.8) is 0 Å². The maximum absolute atomic E-state index is 13.6. The van der Waals surface area contributed by atoms with Crippen molar-refractivity contribution < 1.29 is 23.1 Å². The molecule has 1 aliphatic heterocycles. The summed E-state index contributed by atoms with van der Waals surface area (Å²) >= 11 is 0. The summed E-state index contributed by atoms with van der Waals surface area (Å²) in [6, 6.07) is 10.3. The Morgan fingerprint density at radius 3 is 2.75 bits per heavy atom. The Balaban J connectivity index is 1.54. The van der Waals surface area contributed by atoms with Crippen LogP contribution in [-0.2, 0) is 23.8 Å². The number of carbonyl (C=O) groups is 1. The number of fused-ring (bicyclic) bond motifs is 1. The number of aryl methyl sites for hydroxylation is 1. The lowest BCUT2D eigenvalue weighted by Gasteiger charge is -2.27. The van der Waals surface area contributed by atoms with Gasteiger partial charge in [-0.1, -0.05) is 18.2 Å². The summed E-state index contributed by atoms with van der Waals surface area (Å²) in [5.41, 5.74) is 8.88. The number of primary amides is 1. The van der Waals surface area contributed by atoms with Crippen LogP contribution in [-0.4, -0.2) is 39.7 Å². The van der Waals surface area contributed by atoms with Gasteiger partial charge in [0.15, 0.2) is 0 Å². The van der Waals surface area contributed by atoms with E-state index >= 15 is 0 Å². The van der Waals surface area contributed by atoms with Crippen LogP contribution >= 0.6 is 0 Å². The van der Waals surface area contributed by atoms with Crippen molar-refractivity contribution in [2.45, 2.75) is 50.4 Å². The zero-order valence-electron chi connectivity index (χ0n) is 19.4. The number of halogens is 3. The number of anilines is 3. The molecule has 1 amide bonds. The van der Waals surface area contributed by atoms with Gasteiger partial charge in [0.1, 0.15) is 18.2 Å². The molecule has 2 atom stereocenters. The summed E-state index contributed by atoms with van der Waals surface area (Å²) in [6.07, 6.45) is -0.445. The normalized spacial score (nSPS) is 19.7. The minimum absolute atomic E-state index is 0.260. The lowest BCUT2D eigenvalue weighted by Crippen LogP contribution is -2.40. The molecule has 1 fully saturated rings. The predicted octanol–water partition coefficient (Wildman–Crippen LogP) is 4.21. The summed E-state index contributed by atoms with van der Waals surface area (Å²) < 4.78 is 40.7. The first-order chi connectivity index (χ1) is 17.2. The largest absolute Gasteiger partial charge is 0.416 e. The molecular formula is C26H26F3N5O2. The quantitative estimate of drug-likeness (QED) is 0.488. The average Bonchev–Trinajstić information content (AvgIpc) is 3.34. The van der Waals surface area contributed by atoms with Gasteiger partial charge in [-0.15, -0.1) is 0 Å². The average molecular weight is 498 g/mol. The van der Waals surface area contributed by atoms with Crippen LogP contribution in [0.15, 0.2) is 48.8 Å². The molecule has 36 heavy (non-hydrogen) atoms. The summed E-state index contributed by atoms with van der Waals surface area (Å²) in [5.74, 6) is -0.107. The number of aromatic nitrogens is 2. The SMILES string of the molecule is NC(=O)[C@@H]1CCCN1c1cc(C(F)(F)F)ccc1-c1cc(Nc2cccc3c2C[C@@H](O)CC3)ncn1. The third-order valence-corrected chi connectivity index (χ3v) is 6.88. The van der Waals surface area contributed by atoms with Crippen LogP contribution in [0.3, 0.4) is 0 Å². The maximum atomic E-state index is 13.6. The number of hydrogen-bond donors (Lipinski definition) is 3. The number of aliphatic hydroxyl groups is 1. The molecule has 10 heteroatoms. The van der Waals surface area contributed by atoms with Gasteiger partial charge in [-0.25, -0.2) is 9.97 Å². The van der Waals surface area contributed by atoms with Gasteiger partial charge in [-0.3, -0.25) is 4.79 Å². The van der Waals surface area contributed by atoms with E-state index in [2.05, 4.69) is 15.3 Å². The third kappa shape index (κ3) is 4.73. The van der Waals surface area contributed by atoms with Crippen LogP contribution in [0, 0.1) is 0 Å². The molecule has 1 aliphatic carbocycles. The molecule has 5 rings (SSSR count). The highest BCUT2D eigenvalue weighted by Crippen LogP contribution is 2.40. The molecule has 3 aromatic rings. The molecule has 188 valence electrons. The van der Waals surface area contributed by atoms with E-state index in [0.29, 0.717) is 49.3 Å². The van der Waals surface area contributed by atoms with E-state index in [-0.39, 0.29) is 5.69 Å². The first-order valence-corrected chi connectivity index (χ1v) is 11.9. The summed E-state index contributed by atoms with van der Waals surface area (Å²) in [4.78, 5) is 22.3. The van der Waals surface area contributed by atoms with Crippen molar-refractivity contribution in [2.75, 3.05) is 16.8 Å². The number of amides is 1. The van der Waals surface area contributed by atoms with Crippen molar-refractivity contribution in [1.82, 2.24) is 9.97 Å². The number of rotatable bonds is 5. The van der Waals surface area contributed by atoms with Gasteiger partial charge in [-0.05, 0) is 55.0 Å². The number of hydrogen-bond acceptors (Lipinski definition) is 6. The molecule has 0 radical (unpaired) electrons. The van der Waals surface area contributed by atoms with E-state index in [1.807, 2.05) is 18.2 Å². The zero-order valence-corrected chi connectivity index (χ0v) is 19.4. The van der Waals surface area contributed by atoms with Gasteiger partial charge in [-0.2, -0.15) is 13.2 Å². The predicted molar refractivity (Wildman–Crippen MR) is 130 cm³/mol. The Morgan fingerprint density at radius 1 is 1.14 bits per heavy atom. The second-order valence-electron chi connectivity index (χ2n) is 9.24. The number of aliphatic hydroxyl groups excluding tert-OH is 1. The fraction of sp³-hybridized carbons (Fsp3) is 0.346. The highest BCUT2D eigenvalue weighted by Gasteiger charge is 2.35. The van der Waals surface area contributed by atoms with E-state index in [1.54, 1.807) is 11.0 Å². The molecule has 0 bridgehead atoms. The Kier molecular flexibility index (Phi) is 6.29. The van der Waals surface area contributed by atoms with Crippen molar-refractivity contribution in [2.24, 2.45) is 5.73 Å². The molecule has 2 aliphatic rings. The molecule has 4 N–H and O–H groups in total. The first-order valence-electron chi connectivity index (χ1n) is 11.9. The van der Waals surface area contributed by atoms with Crippen molar-refractivity contribution in [1.29, 1.82) is 0 Å². The number of alkyl halides is 3. The summed E-state index contributed by atoms with van der Waals surface area (Å²) in [6.45, 7) is 0.413. The zero-order chi connectivity index (χ0) is 25.4. The molecule has 2 aromatic carbocycles. The number of nitrogens with two attached hydrogens (primary N) is 1. The van der Waals surface area contributed by atoms with Crippen molar-refractivity contribution >= 4 is 23.1 Å². The van der Waals surface area contributed by atoms with Crippen molar-refractivity contribution in [3.8, 4) is 11.3 Å². The van der Waals surface area contributed by atoms with Crippen LogP contribution in [0.4, 0.5) is 30.4 Å². The molecule has 0 unspecified atom stereocenters. The second-order valence-corrected chi connectivity index (χ2v) is 9.24. The van der Waals surface area contributed by atoms with Gasteiger partial charge in [0.05, 0.1) is 17.4 Å². The van der Waals surface area contributed by atoms with Crippen LogP contribution in [0.5, 0.6) is 0 Å². The lowest BCUT2D eigenvalue weighted by atomic mass is 9.88. The summed E-state index contributed by atoms with van der Waals surface area (Å²) in [7, 11) is 0. The standard InChI is InChI=1S/C26H26F3N5O2/c27-26(28,29)16-7-9-18(23(11-16)34-10-2-5-22(34)25(30)36)21-13-24(32-14-31-21)33-20-4-1-3-15-6-8-17(35)12-19(15)20/h1,3-4,7,9,11,13-14,17,22,35H,2,5-6,8,10,12H2,(H2,30,36)(H,31,32,33)/t17-,22-/m0/s1. The topological polar surface area (TPSA) is 104 Å². The molecule has 7 nitrogen and oxygen atoms in total. The highest BCUT2D eigenvalue weighted by molar-refractivity contribution is 5.88. The van der Waals surface area contributed by atoms with Gasteiger partial charge in [0, 0.05) is 36.0 Å². The van der Waals surface area contributed by atoms with E-state index in [0.717, 1.165) is 35.4 Å². The Hall–Kier alpha value is -3.66. The van der Waals surface area contributed by atoms with Gasteiger partial charge in [0.25, 0.3) is 0 Å². The summed E-state index contributed by atoms with van der Waals surface area (Å²) in [5, 5.41) is 13.4. The van der Waals surface area contributed by atoms with Crippen LogP contribution < -0.4 is 16.0 Å². The van der Waals surface area contributed by atoms with Gasteiger partial charge in [0.2, 0.25) is 5.91 Å². The molecule has 2 heterocycles. The van der Waals surface area contributed by atoms with Crippen molar-refractivity contribution in [3.05, 3.63) is 65.5 Å². The maximum Gasteiger partial charge on any atom is 0.416 e. The van der Waals surface area contributed by atoms with E-state index in [9.17, 15) is 23.1 Å². The third-order valence-electron chi connectivity index (χ3n) is 6.88. The van der Waals surface area contributed by atoms with Crippen LogP contribution in [0.2, 0.25) is 0 Å². The smallest absolute Gasteiger partial charge is 0.393 e. The van der Waals surface area contributed by atoms with Crippen LogP contribution in [0.25, 0.3) is 11.3 Å². The Bertz CT molecular complexity index is 1300. The number of carbonyl (C=O) groups excluding carboxylic acids is 1.